The fourth-order valence-electron chi connectivity index (χ4n) is 2.07. The third kappa shape index (κ3) is 3.43. The summed E-state index contributed by atoms with van der Waals surface area (Å²) in [4.78, 5) is 6.34. The van der Waals surface area contributed by atoms with Gasteiger partial charge in [0, 0.05) is 19.2 Å². The summed E-state index contributed by atoms with van der Waals surface area (Å²) in [7, 11) is 0. The van der Waals surface area contributed by atoms with Crippen LogP contribution in [-0.2, 0) is 4.74 Å². The Kier molecular flexibility index (Phi) is 4.22. The quantitative estimate of drug-likeness (QED) is 0.812. The van der Waals surface area contributed by atoms with Crippen LogP contribution in [0.5, 0.6) is 0 Å². The molecule has 0 unspecified atom stereocenters. The molecule has 2 heterocycles. The summed E-state index contributed by atoms with van der Waals surface area (Å²) in [5.41, 5.74) is 0.575. The Hall–Kier alpha value is -1.85. The molecule has 0 saturated carbocycles. The standard InChI is InChI=1S/C15H14ClFN2O2/c16-13-9-11(1-3-14(13)17)18-10-12-2-4-15(21-12)19-5-7-20-8-6-19/h1-4,9-10H,5-8H2. The highest BCUT2D eigenvalue weighted by molar-refractivity contribution is 6.31. The molecule has 2 aromatic rings. The SMILES string of the molecule is Fc1ccc(N=Cc2ccc(N3CCOCC3)o2)cc1Cl. The molecule has 110 valence electrons. The van der Waals surface area contributed by atoms with Crippen LogP contribution in [0.25, 0.3) is 0 Å². The number of rotatable bonds is 3. The average molecular weight is 309 g/mol. The Bertz CT molecular complexity index is 651. The first-order valence-corrected chi connectivity index (χ1v) is 7.02. The largest absolute Gasteiger partial charge is 0.440 e. The molecule has 1 aromatic heterocycles. The van der Waals surface area contributed by atoms with Gasteiger partial charge in [-0.15, -0.1) is 0 Å². The number of furan rings is 1. The normalized spacial score (nSPS) is 15.8. The van der Waals surface area contributed by atoms with E-state index in [1.165, 1.54) is 12.1 Å². The maximum absolute atomic E-state index is 13.1. The Balaban J connectivity index is 1.71. The summed E-state index contributed by atoms with van der Waals surface area (Å²) in [6.07, 6.45) is 1.59. The summed E-state index contributed by atoms with van der Waals surface area (Å²) < 4.78 is 24.1. The second kappa shape index (κ2) is 6.28. The van der Waals surface area contributed by atoms with Crippen molar-refractivity contribution in [1.29, 1.82) is 0 Å². The second-order valence-electron chi connectivity index (χ2n) is 4.63. The van der Waals surface area contributed by atoms with Gasteiger partial charge in [-0.3, -0.25) is 4.99 Å². The van der Waals surface area contributed by atoms with Crippen molar-refractivity contribution in [3.05, 3.63) is 46.9 Å². The number of hydrogen-bond donors (Lipinski definition) is 0. The van der Waals surface area contributed by atoms with E-state index in [4.69, 9.17) is 20.8 Å². The van der Waals surface area contributed by atoms with E-state index in [1.807, 2.05) is 12.1 Å². The zero-order valence-corrected chi connectivity index (χ0v) is 12.0. The van der Waals surface area contributed by atoms with Gasteiger partial charge in [-0.1, -0.05) is 11.6 Å². The number of ether oxygens (including phenoxy) is 1. The molecule has 6 heteroatoms. The van der Waals surface area contributed by atoms with Gasteiger partial charge in [-0.2, -0.15) is 0 Å². The van der Waals surface area contributed by atoms with Crippen LogP contribution in [0.1, 0.15) is 5.76 Å². The molecule has 1 aliphatic rings. The van der Waals surface area contributed by atoms with Gasteiger partial charge in [0.25, 0.3) is 0 Å². The minimum atomic E-state index is -0.455. The van der Waals surface area contributed by atoms with Crippen molar-refractivity contribution in [2.24, 2.45) is 4.99 Å². The summed E-state index contributed by atoms with van der Waals surface area (Å²) in [6.45, 7) is 3.05. The number of benzene rings is 1. The summed E-state index contributed by atoms with van der Waals surface area (Å²) in [5, 5.41) is 0.0538. The van der Waals surface area contributed by atoms with Crippen molar-refractivity contribution in [2.45, 2.75) is 0 Å². The van der Waals surface area contributed by atoms with Gasteiger partial charge in [0.15, 0.2) is 5.88 Å². The average Bonchev–Trinajstić information content (AvgIpc) is 2.98. The lowest BCUT2D eigenvalue weighted by Gasteiger charge is -2.26. The highest BCUT2D eigenvalue weighted by atomic mass is 35.5. The monoisotopic (exact) mass is 308 g/mol. The summed E-state index contributed by atoms with van der Waals surface area (Å²) in [6, 6.07) is 8.07. The van der Waals surface area contributed by atoms with Gasteiger partial charge in [-0.05, 0) is 24.3 Å². The first-order chi connectivity index (χ1) is 10.2. The van der Waals surface area contributed by atoms with Crippen LogP contribution >= 0.6 is 11.6 Å². The first kappa shape index (κ1) is 14.1. The fraction of sp³-hybridized carbons (Fsp3) is 0.267. The second-order valence-corrected chi connectivity index (χ2v) is 5.04. The molecular formula is C15H14ClFN2O2. The number of halogens is 2. The van der Waals surface area contributed by atoms with E-state index in [1.54, 1.807) is 12.3 Å². The minimum Gasteiger partial charge on any atom is -0.440 e. The molecule has 0 bridgehead atoms. The highest BCUT2D eigenvalue weighted by Crippen LogP contribution is 2.22. The lowest BCUT2D eigenvalue weighted by molar-refractivity contribution is 0.120. The molecule has 0 atom stereocenters. The van der Waals surface area contributed by atoms with Gasteiger partial charge < -0.3 is 14.1 Å². The van der Waals surface area contributed by atoms with Crippen LogP contribution in [0, 0.1) is 5.82 Å². The zero-order chi connectivity index (χ0) is 14.7. The molecule has 3 rings (SSSR count). The molecule has 0 spiro atoms. The van der Waals surface area contributed by atoms with Crippen molar-refractivity contribution in [1.82, 2.24) is 0 Å². The van der Waals surface area contributed by atoms with Crippen molar-refractivity contribution >= 4 is 29.4 Å². The maximum atomic E-state index is 13.1. The Labute approximate surface area is 126 Å². The molecular weight excluding hydrogens is 295 g/mol. The lowest BCUT2D eigenvalue weighted by atomic mass is 10.3. The number of nitrogens with zero attached hydrogens (tertiary/aromatic N) is 2. The van der Waals surface area contributed by atoms with E-state index < -0.39 is 5.82 Å². The zero-order valence-electron chi connectivity index (χ0n) is 11.3. The van der Waals surface area contributed by atoms with Crippen LogP contribution in [0.3, 0.4) is 0 Å². The first-order valence-electron chi connectivity index (χ1n) is 6.64. The topological polar surface area (TPSA) is 38.0 Å². The molecule has 21 heavy (non-hydrogen) atoms. The van der Waals surface area contributed by atoms with Gasteiger partial charge in [0.2, 0.25) is 0 Å². The van der Waals surface area contributed by atoms with E-state index in [-0.39, 0.29) is 5.02 Å². The minimum absolute atomic E-state index is 0.0538. The van der Waals surface area contributed by atoms with Crippen molar-refractivity contribution in [3.8, 4) is 0 Å². The van der Waals surface area contributed by atoms with Crippen molar-refractivity contribution in [2.75, 3.05) is 31.2 Å². The van der Waals surface area contributed by atoms with E-state index in [0.29, 0.717) is 24.7 Å². The van der Waals surface area contributed by atoms with Gasteiger partial charge in [0.1, 0.15) is 11.6 Å². The van der Waals surface area contributed by atoms with Gasteiger partial charge >= 0.3 is 0 Å². The van der Waals surface area contributed by atoms with Gasteiger partial charge in [-0.25, -0.2) is 4.39 Å². The maximum Gasteiger partial charge on any atom is 0.196 e. The van der Waals surface area contributed by atoms with Crippen molar-refractivity contribution in [3.63, 3.8) is 0 Å². The highest BCUT2D eigenvalue weighted by Gasteiger charge is 2.14. The molecule has 4 nitrogen and oxygen atoms in total. The molecule has 0 aliphatic carbocycles. The smallest absolute Gasteiger partial charge is 0.196 e. The van der Waals surface area contributed by atoms with E-state index in [0.717, 1.165) is 19.0 Å². The molecule has 1 fully saturated rings. The number of morpholine rings is 1. The Morgan fingerprint density at radius 3 is 2.76 bits per heavy atom. The van der Waals surface area contributed by atoms with Crippen LogP contribution < -0.4 is 4.90 Å². The predicted octanol–water partition coefficient (Wildman–Crippen LogP) is 3.66. The fourth-order valence-corrected chi connectivity index (χ4v) is 2.24. The Morgan fingerprint density at radius 2 is 2.00 bits per heavy atom. The predicted molar refractivity (Wildman–Crippen MR) is 80.4 cm³/mol. The Morgan fingerprint density at radius 1 is 1.19 bits per heavy atom. The van der Waals surface area contributed by atoms with Gasteiger partial charge in [0.05, 0.1) is 30.1 Å². The third-order valence-corrected chi connectivity index (χ3v) is 3.47. The molecule has 1 aromatic carbocycles. The van der Waals surface area contributed by atoms with Crippen LogP contribution in [-0.4, -0.2) is 32.5 Å². The van der Waals surface area contributed by atoms with E-state index >= 15 is 0 Å². The van der Waals surface area contributed by atoms with Crippen LogP contribution in [0.2, 0.25) is 5.02 Å². The van der Waals surface area contributed by atoms with Crippen LogP contribution in [0.4, 0.5) is 16.0 Å². The van der Waals surface area contributed by atoms with E-state index in [9.17, 15) is 4.39 Å². The molecule has 0 N–H and O–H groups in total. The molecule has 0 amide bonds. The lowest BCUT2D eigenvalue weighted by Crippen LogP contribution is -2.35. The number of hydrogen-bond acceptors (Lipinski definition) is 4. The molecule has 1 saturated heterocycles. The molecule has 0 radical (unpaired) electrons. The molecule has 1 aliphatic heterocycles. The summed E-state index contributed by atoms with van der Waals surface area (Å²) in [5.74, 6) is 0.983. The summed E-state index contributed by atoms with van der Waals surface area (Å²) >= 11 is 5.71. The van der Waals surface area contributed by atoms with E-state index in [2.05, 4.69) is 9.89 Å². The third-order valence-electron chi connectivity index (χ3n) is 3.18. The van der Waals surface area contributed by atoms with Crippen molar-refractivity contribution < 1.29 is 13.5 Å². The van der Waals surface area contributed by atoms with Crippen LogP contribution in [0.15, 0.2) is 39.7 Å². The number of aliphatic imine (C=N–C) groups is 1. The number of anilines is 1.